The Kier molecular flexibility index (Phi) is 4.66. The van der Waals surface area contributed by atoms with Gasteiger partial charge in [0.2, 0.25) is 0 Å². The summed E-state index contributed by atoms with van der Waals surface area (Å²) in [6, 6.07) is 3.21. The first kappa shape index (κ1) is 14.2. The average Bonchev–Trinajstić information content (AvgIpc) is 2.44. The molecule has 1 heterocycles. The van der Waals surface area contributed by atoms with Crippen molar-refractivity contribution in [3.05, 3.63) is 47.5 Å². The van der Waals surface area contributed by atoms with E-state index in [2.05, 4.69) is 16.8 Å². The van der Waals surface area contributed by atoms with Gasteiger partial charge in [-0.1, -0.05) is 18.2 Å². The monoisotopic (exact) mass is 266 g/mol. The van der Waals surface area contributed by atoms with Crippen molar-refractivity contribution in [3.63, 3.8) is 0 Å². The summed E-state index contributed by atoms with van der Waals surface area (Å²) in [7, 11) is 0. The van der Waals surface area contributed by atoms with Crippen LogP contribution in [0.2, 0.25) is 0 Å². The molecular formula is C15H20F2N2. The Morgan fingerprint density at radius 2 is 2.00 bits per heavy atom. The highest BCUT2D eigenvalue weighted by atomic mass is 19.2. The first-order chi connectivity index (χ1) is 9.15. The first-order valence-electron chi connectivity index (χ1n) is 6.65. The molecular weight excluding hydrogens is 246 g/mol. The van der Waals surface area contributed by atoms with Crippen molar-refractivity contribution in [2.24, 2.45) is 0 Å². The standard InChI is InChI=1S/C15H20F2N2/c1-3-4-13(19-9-7-18-8-10-19)12-6-5-11(2)14(16)15(12)17/h3,5-6,13,18H,1,4,7-10H2,2H3/t13-/m1/s1. The van der Waals surface area contributed by atoms with Crippen LogP contribution in [0, 0.1) is 18.6 Å². The van der Waals surface area contributed by atoms with Crippen LogP contribution in [0.1, 0.15) is 23.6 Å². The number of piperazine rings is 1. The molecule has 1 N–H and O–H groups in total. The van der Waals surface area contributed by atoms with Gasteiger partial charge in [-0.2, -0.15) is 0 Å². The van der Waals surface area contributed by atoms with Crippen molar-refractivity contribution in [3.8, 4) is 0 Å². The summed E-state index contributed by atoms with van der Waals surface area (Å²) in [4.78, 5) is 2.19. The summed E-state index contributed by atoms with van der Waals surface area (Å²) in [6.45, 7) is 8.75. The van der Waals surface area contributed by atoms with E-state index in [-0.39, 0.29) is 6.04 Å². The number of rotatable bonds is 4. The molecule has 2 nitrogen and oxygen atoms in total. The molecule has 2 rings (SSSR count). The van der Waals surface area contributed by atoms with Crippen LogP contribution in [0.5, 0.6) is 0 Å². The van der Waals surface area contributed by atoms with Crippen LogP contribution in [0.15, 0.2) is 24.8 Å². The Morgan fingerprint density at radius 1 is 1.32 bits per heavy atom. The van der Waals surface area contributed by atoms with Crippen LogP contribution < -0.4 is 5.32 Å². The third-order valence-electron chi connectivity index (χ3n) is 3.65. The van der Waals surface area contributed by atoms with Crippen LogP contribution in [0.4, 0.5) is 8.78 Å². The Balaban J connectivity index is 2.32. The van der Waals surface area contributed by atoms with E-state index in [0.717, 1.165) is 26.2 Å². The van der Waals surface area contributed by atoms with Gasteiger partial charge in [0.1, 0.15) is 0 Å². The third-order valence-corrected chi connectivity index (χ3v) is 3.65. The molecule has 1 atom stereocenters. The molecule has 19 heavy (non-hydrogen) atoms. The van der Waals surface area contributed by atoms with E-state index in [4.69, 9.17) is 0 Å². The molecule has 0 amide bonds. The van der Waals surface area contributed by atoms with Gasteiger partial charge >= 0.3 is 0 Å². The maximum absolute atomic E-state index is 14.1. The van der Waals surface area contributed by atoms with Gasteiger partial charge in [-0.25, -0.2) is 8.78 Å². The summed E-state index contributed by atoms with van der Waals surface area (Å²) in [5, 5.41) is 3.26. The molecule has 0 spiro atoms. The van der Waals surface area contributed by atoms with Crippen molar-refractivity contribution in [2.75, 3.05) is 26.2 Å². The Labute approximate surface area is 113 Å². The van der Waals surface area contributed by atoms with Crippen LogP contribution >= 0.6 is 0 Å². The maximum Gasteiger partial charge on any atom is 0.163 e. The molecule has 0 unspecified atom stereocenters. The van der Waals surface area contributed by atoms with Crippen LogP contribution in [0.25, 0.3) is 0 Å². The van der Waals surface area contributed by atoms with Crippen LogP contribution in [-0.2, 0) is 0 Å². The maximum atomic E-state index is 14.1. The van der Waals surface area contributed by atoms with Gasteiger partial charge in [0.05, 0.1) is 0 Å². The molecule has 0 saturated carbocycles. The smallest absolute Gasteiger partial charge is 0.163 e. The third kappa shape index (κ3) is 3.01. The first-order valence-corrected chi connectivity index (χ1v) is 6.65. The molecule has 0 aliphatic carbocycles. The summed E-state index contributed by atoms with van der Waals surface area (Å²) in [5.74, 6) is -1.45. The van der Waals surface area contributed by atoms with Gasteiger partial charge in [-0.15, -0.1) is 6.58 Å². The zero-order chi connectivity index (χ0) is 13.8. The molecule has 0 radical (unpaired) electrons. The van der Waals surface area contributed by atoms with Crippen molar-refractivity contribution >= 4 is 0 Å². The fraction of sp³-hybridized carbons (Fsp3) is 0.467. The van der Waals surface area contributed by atoms with Crippen molar-refractivity contribution in [1.82, 2.24) is 10.2 Å². The van der Waals surface area contributed by atoms with Gasteiger partial charge in [-0.05, 0) is 18.9 Å². The number of nitrogens with one attached hydrogen (secondary N) is 1. The molecule has 1 fully saturated rings. The van der Waals surface area contributed by atoms with Gasteiger partial charge < -0.3 is 5.32 Å². The fourth-order valence-electron chi connectivity index (χ4n) is 2.54. The highest BCUT2D eigenvalue weighted by Gasteiger charge is 2.25. The van der Waals surface area contributed by atoms with E-state index in [1.54, 1.807) is 25.1 Å². The van der Waals surface area contributed by atoms with Crippen LogP contribution in [-0.4, -0.2) is 31.1 Å². The predicted molar refractivity (Wildman–Crippen MR) is 73.1 cm³/mol. The van der Waals surface area contributed by atoms with Gasteiger partial charge in [0.15, 0.2) is 11.6 Å². The van der Waals surface area contributed by atoms with E-state index >= 15 is 0 Å². The second kappa shape index (κ2) is 6.26. The van der Waals surface area contributed by atoms with Gasteiger partial charge in [0, 0.05) is 37.8 Å². The normalized spacial score (nSPS) is 18.3. The molecule has 1 saturated heterocycles. The molecule has 4 heteroatoms. The van der Waals surface area contributed by atoms with Crippen LogP contribution in [0.3, 0.4) is 0 Å². The summed E-state index contributed by atoms with van der Waals surface area (Å²) in [5.41, 5.74) is 0.781. The topological polar surface area (TPSA) is 15.3 Å². The van der Waals surface area contributed by atoms with Crippen molar-refractivity contribution in [2.45, 2.75) is 19.4 Å². The zero-order valence-corrected chi connectivity index (χ0v) is 11.3. The van der Waals surface area contributed by atoms with Gasteiger partial charge in [-0.3, -0.25) is 4.90 Å². The second-order valence-corrected chi connectivity index (χ2v) is 4.93. The minimum atomic E-state index is -0.735. The molecule has 1 aromatic rings. The fourth-order valence-corrected chi connectivity index (χ4v) is 2.54. The zero-order valence-electron chi connectivity index (χ0n) is 11.3. The van der Waals surface area contributed by atoms with E-state index in [1.807, 2.05) is 0 Å². The molecule has 1 aromatic carbocycles. The predicted octanol–water partition coefficient (Wildman–Crippen LogP) is 2.80. The minimum Gasteiger partial charge on any atom is -0.314 e. The second-order valence-electron chi connectivity index (χ2n) is 4.93. The SMILES string of the molecule is C=CC[C@H](c1ccc(C)c(F)c1F)N1CCNCC1. The molecule has 1 aliphatic rings. The summed E-state index contributed by atoms with van der Waals surface area (Å²) < 4.78 is 27.9. The van der Waals surface area contributed by atoms with E-state index in [1.165, 1.54) is 0 Å². The van der Waals surface area contributed by atoms with E-state index in [0.29, 0.717) is 17.5 Å². The highest BCUT2D eigenvalue weighted by Crippen LogP contribution is 2.29. The lowest BCUT2D eigenvalue weighted by Gasteiger charge is -2.35. The lowest BCUT2D eigenvalue weighted by atomic mass is 9.99. The highest BCUT2D eigenvalue weighted by molar-refractivity contribution is 5.28. The number of aryl methyl sites for hydroxylation is 1. The molecule has 0 bridgehead atoms. The summed E-state index contributed by atoms with van der Waals surface area (Å²) in [6.07, 6.45) is 2.39. The Bertz CT molecular complexity index is 454. The van der Waals surface area contributed by atoms with Crippen molar-refractivity contribution < 1.29 is 8.78 Å². The molecule has 104 valence electrons. The van der Waals surface area contributed by atoms with E-state index in [9.17, 15) is 8.78 Å². The number of nitrogens with zero attached hydrogens (tertiary/aromatic N) is 1. The summed E-state index contributed by atoms with van der Waals surface area (Å²) >= 11 is 0. The Morgan fingerprint density at radius 3 is 2.63 bits per heavy atom. The largest absolute Gasteiger partial charge is 0.314 e. The molecule has 1 aliphatic heterocycles. The minimum absolute atomic E-state index is 0.130. The molecule has 0 aromatic heterocycles. The lowest BCUT2D eigenvalue weighted by molar-refractivity contribution is 0.170. The number of hydrogen-bond acceptors (Lipinski definition) is 2. The quantitative estimate of drug-likeness (QED) is 0.843. The number of benzene rings is 1. The lowest BCUT2D eigenvalue weighted by Crippen LogP contribution is -2.45. The van der Waals surface area contributed by atoms with Crippen molar-refractivity contribution in [1.29, 1.82) is 0 Å². The van der Waals surface area contributed by atoms with E-state index < -0.39 is 11.6 Å². The number of halogens is 2. The van der Waals surface area contributed by atoms with Gasteiger partial charge in [0.25, 0.3) is 0 Å². The number of hydrogen-bond donors (Lipinski definition) is 1. The Hall–Kier alpha value is -1.26. The average molecular weight is 266 g/mol.